The first kappa shape index (κ1) is 13.0. The number of methoxy groups -OCH3 is 1. The van der Waals surface area contributed by atoms with E-state index >= 15 is 0 Å². The summed E-state index contributed by atoms with van der Waals surface area (Å²) in [5.41, 5.74) is 1.71. The molecule has 0 aliphatic carbocycles. The van der Waals surface area contributed by atoms with E-state index in [1.54, 1.807) is 0 Å². The van der Waals surface area contributed by atoms with Gasteiger partial charge in [0.1, 0.15) is 11.4 Å². The smallest absolute Gasteiger partial charge is 0.337 e. The van der Waals surface area contributed by atoms with Crippen LogP contribution in [0.2, 0.25) is 0 Å². The van der Waals surface area contributed by atoms with Crippen LogP contribution in [-0.4, -0.2) is 18.7 Å². The molecule has 0 aromatic heterocycles. The van der Waals surface area contributed by atoms with Crippen molar-refractivity contribution in [2.24, 2.45) is 0 Å². The van der Waals surface area contributed by atoms with Gasteiger partial charge in [0, 0.05) is 5.56 Å². The molecule has 104 valence electrons. The maximum atomic E-state index is 11.6. The number of hydrogen-bond acceptors (Lipinski definition) is 3. The maximum absolute atomic E-state index is 11.6. The third kappa shape index (κ3) is 2.13. The zero-order valence-corrected chi connectivity index (χ0v) is 12.0. The standard InChI is InChI=1S/C17H18O3/c1-17(2)9-8-14-13-6-4-12(16(18)19-3)10-11(13)5-7-15(14)20-17/h4-7,10H,8-9H2,1-3H3. The van der Waals surface area contributed by atoms with Crippen molar-refractivity contribution in [1.29, 1.82) is 0 Å². The molecule has 0 bridgehead atoms. The van der Waals surface area contributed by atoms with E-state index in [0.717, 1.165) is 29.4 Å². The Labute approximate surface area is 118 Å². The van der Waals surface area contributed by atoms with Gasteiger partial charge in [0.15, 0.2) is 0 Å². The molecule has 1 aliphatic heterocycles. The molecule has 0 amide bonds. The summed E-state index contributed by atoms with van der Waals surface area (Å²) in [5, 5.41) is 2.21. The Balaban J connectivity index is 2.11. The van der Waals surface area contributed by atoms with Gasteiger partial charge in [0.05, 0.1) is 12.7 Å². The van der Waals surface area contributed by atoms with Crippen LogP contribution < -0.4 is 4.74 Å². The predicted molar refractivity (Wildman–Crippen MR) is 78.3 cm³/mol. The Hall–Kier alpha value is -2.03. The van der Waals surface area contributed by atoms with Gasteiger partial charge in [-0.25, -0.2) is 4.79 Å². The number of benzene rings is 2. The first-order chi connectivity index (χ1) is 9.50. The summed E-state index contributed by atoms with van der Waals surface area (Å²) >= 11 is 0. The normalized spacial score (nSPS) is 16.4. The van der Waals surface area contributed by atoms with Gasteiger partial charge < -0.3 is 9.47 Å². The molecule has 2 aromatic carbocycles. The van der Waals surface area contributed by atoms with Gasteiger partial charge in [-0.15, -0.1) is 0 Å². The van der Waals surface area contributed by atoms with E-state index < -0.39 is 0 Å². The fourth-order valence-electron chi connectivity index (χ4n) is 2.75. The lowest BCUT2D eigenvalue weighted by atomic mass is 9.90. The zero-order valence-electron chi connectivity index (χ0n) is 12.0. The molecule has 0 spiro atoms. The summed E-state index contributed by atoms with van der Waals surface area (Å²) in [4.78, 5) is 11.6. The predicted octanol–water partition coefficient (Wildman–Crippen LogP) is 3.73. The third-order valence-electron chi connectivity index (χ3n) is 3.87. The lowest BCUT2D eigenvalue weighted by Gasteiger charge is -2.33. The van der Waals surface area contributed by atoms with E-state index in [9.17, 15) is 4.79 Å². The second-order valence-corrected chi connectivity index (χ2v) is 5.83. The van der Waals surface area contributed by atoms with Crippen molar-refractivity contribution in [3.05, 3.63) is 41.5 Å². The summed E-state index contributed by atoms with van der Waals surface area (Å²) < 4.78 is 10.8. The lowest BCUT2D eigenvalue weighted by molar-refractivity contribution is 0.0601. The highest BCUT2D eigenvalue weighted by Gasteiger charge is 2.27. The van der Waals surface area contributed by atoms with E-state index in [1.807, 2.05) is 30.3 Å². The molecule has 1 heterocycles. The van der Waals surface area contributed by atoms with Gasteiger partial charge >= 0.3 is 5.97 Å². The van der Waals surface area contributed by atoms with Crippen LogP contribution in [0.25, 0.3) is 10.8 Å². The van der Waals surface area contributed by atoms with Crippen LogP contribution in [0, 0.1) is 0 Å². The average molecular weight is 270 g/mol. The molecular formula is C17H18O3. The Morgan fingerprint density at radius 3 is 2.80 bits per heavy atom. The van der Waals surface area contributed by atoms with Crippen molar-refractivity contribution in [1.82, 2.24) is 0 Å². The molecule has 0 radical (unpaired) electrons. The number of fused-ring (bicyclic) bond motifs is 3. The summed E-state index contributed by atoms with van der Waals surface area (Å²) in [6.45, 7) is 4.22. The molecule has 3 heteroatoms. The van der Waals surface area contributed by atoms with Gasteiger partial charge in [-0.3, -0.25) is 0 Å². The first-order valence-corrected chi connectivity index (χ1v) is 6.83. The molecule has 2 aromatic rings. The molecule has 3 rings (SSSR count). The van der Waals surface area contributed by atoms with Gasteiger partial charge in [0.25, 0.3) is 0 Å². The van der Waals surface area contributed by atoms with Crippen LogP contribution in [0.5, 0.6) is 5.75 Å². The van der Waals surface area contributed by atoms with Gasteiger partial charge in [0.2, 0.25) is 0 Å². The Morgan fingerprint density at radius 1 is 1.25 bits per heavy atom. The lowest BCUT2D eigenvalue weighted by Crippen LogP contribution is -2.32. The number of esters is 1. The molecular weight excluding hydrogens is 252 g/mol. The minimum atomic E-state index is -0.304. The number of ether oxygens (including phenoxy) is 2. The Morgan fingerprint density at radius 2 is 2.05 bits per heavy atom. The maximum Gasteiger partial charge on any atom is 0.337 e. The first-order valence-electron chi connectivity index (χ1n) is 6.83. The zero-order chi connectivity index (χ0) is 14.3. The number of carbonyl (C=O) groups excluding carboxylic acids is 1. The highest BCUT2D eigenvalue weighted by Crippen LogP contribution is 2.37. The van der Waals surface area contributed by atoms with Crippen LogP contribution in [-0.2, 0) is 11.2 Å². The highest BCUT2D eigenvalue weighted by atomic mass is 16.5. The van der Waals surface area contributed by atoms with Crippen molar-refractivity contribution >= 4 is 16.7 Å². The minimum Gasteiger partial charge on any atom is -0.488 e. The van der Waals surface area contributed by atoms with Crippen molar-refractivity contribution in [3.8, 4) is 5.75 Å². The SMILES string of the molecule is COC(=O)c1ccc2c3c(ccc2c1)OC(C)(C)CC3. The number of rotatable bonds is 1. The van der Waals surface area contributed by atoms with Crippen LogP contribution in [0.4, 0.5) is 0 Å². The molecule has 20 heavy (non-hydrogen) atoms. The molecule has 3 nitrogen and oxygen atoms in total. The monoisotopic (exact) mass is 270 g/mol. The summed E-state index contributed by atoms with van der Waals surface area (Å²) in [6.07, 6.45) is 2.00. The molecule has 0 fully saturated rings. The summed E-state index contributed by atoms with van der Waals surface area (Å²) in [7, 11) is 1.40. The highest BCUT2D eigenvalue weighted by molar-refractivity contribution is 5.97. The second kappa shape index (κ2) is 4.51. The minimum absolute atomic E-state index is 0.105. The molecule has 0 atom stereocenters. The molecule has 0 unspecified atom stereocenters. The van der Waals surface area contributed by atoms with E-state index in [2.05, 4.69) is 13.8 Å². The second-order valence-electron chi connectivity index (χ2n) is 5.83. The van der Waals surface area contributed by atoms with E-state index in [-0.39, 0.29) is 11.6 Å². The topological polar surface area (TPSA) is 35.5 Å². The fraction of sp³-hybridized carbons (Fsp3) is 0.353. The van der Waals surface area contributed by atoms with Crippen molar-refractivity contribution < 1.29 is 14.3 Å². The Kier molecular flexibility index (Phi) is 2.93. The average Bonchev–Trinajstić information content (AvgIpc) is 2.44. The quantitative estimate of drug-likeness (QED) is 0.741. The van der Waals surface area contributed by atoms with Crippen molar-refractivity contribution in [2.45, 2.75) is 32.3 Å². The van der Waals surface area contributed by atoms with Crippen LogP contribution >= 0.6 is 0 Å². The van der Waals surface area contributed by atoms with Crippen LogP contribution in [0.15, 0.2) is 30.3 Å². The van der Waals surface area contributed by atoms with E-state index in [4.69, 9.17) is 9.47 Å². The van der Waals surface area contributed by atoms with Crippen molar-refractivity contribution in [2.75, 3.05) is 7.11 Å². The molecule has 0 N–H and O–H groups in total. The van der Waals surface area contributed by atoms with E-state index in [0.29, 0.717) is 5.56 Å². The molecule has 1 aliphatic rings. The van der Waals surface area contributed by atoms with Gasteiger partial charge in [-0.1, -0.05) is 12.1 Å². The third-order valence-corrected chi connectivity index (χ3v) is 3.87. The molecule has 0 saturated heterocycles. The summed E-state index contributed by atoms with van der Waals surface area (Å²) in [5.74, 6) is 0.654. The van der Waals surface area contributed by atoms with Gasteiger partial charge in [-0.05, 0) is 55.7 Å². The molecule has 0 saturated carbocycles. The van der Waals surface area contributed by atoms with Gasteiger partial charge in [-0.2, -0.15) is 0 Å². The summed E-state index contributed by atoms with van der Waals surface area (Å²) in [6, 6.07) is 9.68. The fourth-order valence-corrected chi connectivity index (χ4v) is 2.75. The largest absolute Gasteiger partial charge is 0.488 e. The number of carbonyl (C=O) groups is 1. The Bertz CT molecular complexity index is 686. The van der Waals surface area contributed by atoms with Crippen LogP contribution in [0.1, 0.15) is 36.2 Å². The van der Waals surface area contributed by atoms with E-state index in [1.165, 1.54) is 12.7 Å². The van der Waals surface area contributed by atoms with Crippen molar-refractivity contribution in [3.63, 3.8) is 0 Å². The number of aryl methyl sites for hydroxylation is 1. The van der Waals surface area contributed by atoms with Crippen LogP contribution in [0.3, 0.4) is 0 Å². The number of hydrogen-bond donors (Lipinski definition) is 0.